The van der Waals surface area contributed by atoms with E-state index in [2.05, 4.69) is 24.3 Å². The molecule has 7 nitrogen and oxygen atoms in total. The van der Waals surface area contributed by atoms with Gasteiger partial charge in [-0.1, -0.05) is 48.5 Å². The van der Waals surface area contributed by atoms with E-state index in [1.807, 2.05) is 60.7 Å². The fourth-order valence-electron chi connectivity index (χ4n) is 5.06. The minimum Gasteiger partial charge on any atom is -0.496 e. The predicted molar refractivity (Wildman–Crippen MR) is 158 cm³/mol. The molecule has 0 aliphatic carbocycles. The monoisotopic (exact) mass is 554 g/mol. The number of carbonyl (C=O) groups excluding carboxylic acids is 1. The summed E-state index contributed by atoms with van der Waals surface area (Å²) < 4.78 is 28.7. The topological polar surface area (TPSA) is 83.5 Å². The first-order valence-electron chi connectivity index (χ1n) is 13.7. The molecule has 0 aromatic heterocycles. The number of aliphatic hydroxyl groups is 1. The number of hydrogen-bond acceptors (Lipinski definition) is 7. The molecule has 0 fully saturated rings. The van der Waals surface area contributed by atoms with Crippen LogP contribution in [0.5, 0.6) is 17.2 Å². The molecular weight excluding hydrogens is 520 g/mol. The third-order valence-electron chi connectivity index (χ3n) is 7.18. The molecule has 0 bridgehead atoms. The Kier molecular flexibility index (Phi) is 8.87. The molecule has 1 aliphatic rings. The Hall–Kier alpha value is -4.33. The molecule has 1 atom stereocenters. The summed E-state index contributed by atoms with van der Waals surface area (Å²) in [5.74, 6) is 1.44. The first-order valence-corrected chi connectivity index (χ1v) is 13.7. The van der Waals surface area contributed by atoms with Crippen molar-refractivity contribution in [2.45, 2.75) is 18.4 Å². The van der Waals surface area contributed by atoms with Crippen molar-refractivity contribution in [2.24, 2.45) is 0 Å². The molecule has 212 valence electrons. The Morgan fingerprint density at radius 2 is 1.66 bits per heavy atom. The van der Waals surface area contributed by atoms with Crippen LogP contribution >= 0.6 is 0 Å². The number of methoxy groups -OCH3 is 2. The maximum atomic E-state index is 12.5. The highest BCUT2D eigenvalue weighted by atomic mass is 16.5. The highest BCUT2D eigenvalue weighted by molar-refractivity contribution is 6.02. The van der Waals surface area contributed by atoms with E-state index in [9.17, 15) is 4.79 Å². The van der Waals surface area contributed by atoms with Crippen molar-refractivity contribution < 1.29 is 33.6 Å². The number of fused-ring (bicyclic) bond motifs is 3. The Bertz CT molecular complexity index is 1510. The average molecular weight is 555 g/mol. The van der Waals surface area contributed by atoms with Gasteiger partial charge in [-0.25, -0.2) is 4.79 Å². The van der Waals surface area contributed by atoms with Crippen molar-refractivity contribution in [1.82, 2.24) is 0 Å². The Morgan fingerprint density at radius 3 is 2.39 bits per heavy atom. The summed E-state index contributed by atoms with van der Waals surface area (Å²) in [6, 6.07) is 25.5. The van der Waals surface area contributed by atoms with E-state index < -0.39 is 11.6 Å². The van der Waals surface area contributed by atoms with Crippen molar-refractivity contribution in [3.63, 3.8) is 0 Å². The Balaban J connectivity index is 1.45. The number of ether oxygens (including phenoxy) is 5. The molecule has 4 aromatic rings. The molecule has 4 aromatic carbocycles. The van der Waals surface area contributed by atoms with Crippen molar-refractivity contribution >= 4 is 22.8 Å². The lowest BCUT2D eigenvalue weighted by Crippen LogP contribution is -2.34. The maximum Gasteiger partial charge on any atom is 0.341 e. The van der Waals surface area contributed by atoms with E-state index in [1.54, 1.807) is 6.07 Å². The normalized spacial score (nSPS) is 15.7. The minimum atomic E-state index is -0.867. The summed E-state index contributed by atoms with van der Waals surface area (Å²) in [5.41, 5.74) is 2.30. The number of aliphatic hydroxyl groups excluding tert-OH is 1. The lowest BCUT2D eigenvalue weighted by molar-refractivity contribution is 0.0597. The summed E-state index contributed by atoms with van der Waals surface area (Å²) in [6.07, 6.45) is 5.69. The number of unbranched alkanes of at least 4 members (excludes halogenated alkanes) is 1. The van der Waals surface area contributed by atoms with E-state index in [-0.39, 0.29) is 6.61 Å². The summed E-state index contributed by atoms with van der Waals surface area (Å²) in [4.78, 5) is 12.5. The van der Waals surface area contributed by atoms with Crippen LogP contribution in [0.3, 0.4) is 0 Å². The van der Waals surface area contributed by atoms with Gasteiger partial charge in [0.1, 0.15) is 29.4 Å². The molecule has 1 aliphatic heterocycles. The van der Waals surface area contributed by atoms with Crippen LogP contribution in [-0.2, 0) is 15.1 Å². The summed E-state index contributed by atoms with van der Waals surface area (Å²) in [5, 5.41) is 10.6. The molecule has 1 heterocycles. The maximum absolute atomic E-state index is 12.5. The van der Waals surface area contributed by atoms with Crippen LogP contribution in [0.1, 0.15) is 39.9 Å². The highest BCUT2D eigenvalue weighted by Gasteiger charge is 2.37. The van der Waals surface area contributed by atoms with Crippen molar-refractivity contribution in [3.05, 3.63) is 107 Å². The molecular formula is C34H34O7. The Morgan fingerprint density at radius 1 is 0.878 bits per heavy atom. The molecule has 1 unspecified atom stereocenters. The largest absolute Gasteiger partial charge is 0.496 e. The zero-order valence-electron chi connectivity index (χ0n) is 23.3. The van der Waals surface area contributed by atoms with Crippen molar-refractivity contribution in [2.75, 3.05) is 40.6 Å². The van der Waals surface area contributed by atoms with E-state index in [0.29, 0.717) is 36.9 Å². The molecule has 7 heteroatoms. The second kappa shape index (κ2) is 12.9. The SMILES string of the molecule is COC(=O)c1cc2c3c(ccc2cc1OC)OC(c1ccccc1)(c1ccc(OCCOCCCCO)cc1)C=C3. The van der Waals surface area contributed by atoms with E-state index in [0.717, 1.165) is 46.1 Å². The molecule has 1 N–H and O–H groups in total. The summed E-state index contributed by atoms with van der Waals surface area (Å²) >= 11 is 0. The van der Waals surface area contributed by atoms with Gasteiger partial charge in [0.25, 0.3) is 0 Å². The lowest BCUT2D eigenvalue weighted by atomic mass is 9.83. The second-order valence-electron chi connectivity index (χ2n) is 9.70. The quantitative estimate of drug-likeness (QED) is 0.166. The molecule has 0 amide bonds. The van der Waals surface area contributed by atoms with E-state index in [1.165, 1.54) is 14.2 Å². The number of benzene rings is 4. The van der Waals surface area contributed by atoms with Gasteiger partial charge in [0, 0.05) is 29.9 Å². The van der Waals surface area contributed by atoms with Crippen LogP contribution in [0.4, 0.5) is 0 Å². The molecule has 0 saturated heterocycles. The third-order valence-corrected chi connectivity index (χ3v) is 7.18. The zero-order valence-corrected chi connectivity index (χ0v) is 23.3. The van der Waals surface area contributed by atoms with E-state index >= 15 is 0 Å². The van der Waals surface area contributed by atoms with Crippen LogP contribution in [0.2, 0.25) is 0 Å². The lowest BCUT2D eigenvalue weighted by Gasteiger charge is -2.36. The first-order chi connectivity index (χ1) is 20.1. The predicted octanol–water partition coefficient (Wildman–Crippen LogP) is 6.15. The van der Waals surface area contributed by atoms with Gasteiger partial charge in [0.2, 0.25) is 0 Å². The standard InChI is InChI=1S/C34H34O7/c1-37-32-22-24-10-15-31-28(29(24)23-30(32)33(36)38-2)16-17-34(41-31,25-8-4-3-5-9-25)26-11-13-27(14-12-26)40-21-20-39-19-7-6-18-35/h3-5,8-17,22-23,35H,6-7,18-21H2,1-2H3. The number of rotatable bonds is 12. The molecule has 0 saturated carbocycles. The molecule has 0 radical (unpaired) electrons. The molecule has 5 rings (SSSR count). The van der Waals surface area contributed by atoms with Gasteiger partial charge >= 0.3 is 5.97 Å². The van der Waals surface area contributed by atoms with Gasteiger partial charge < -0.3 is 28.8 Å². The smallest absolute Gasteiger partial charge is 0.341 e. The fourth-order valence-corrected chi connectivity index (χ4v) is 5.06. The van der Waals surface area contributed by atoms with Gasteiger partial charge in [0.15, 0.2) is 5.60 Å². The number of carbonyl (C=O) groups is 1. The van der Waals surface area contributed by atoms with Gasteiger partial charge in [-0.2, -0.15) is 0 Å². The van der Waals surface area contributed by atoms with Gasteiger partial charge in [0.05, 0.1) is 20.8 Å². The van der Waals surface area contributed by atoms with Crippen LogP contribution in [0, 0.1) is 0 Å². The van der Waals surface area contributed by atoms with Gasteiger partial charge in [-0.3, -0.25) is 0 Å². The minimum absolute atomic E-state index is 0.184. The highest BCUT2D eigenvalue weighted by Crippen LogP contribution is 2.45. The van der Waals surface area contributed by atoms with Crippen LogP contribution in [-0.4, -0.2) is 51.7 Å². The number of hydrogen-bond donors (Lipinski definition) is 1. The third kappa shape index (κ3) is 5.92. The number of esters is 1. The van der Waals surface area contributed by atoms with Crippen LogP contribution in [0.25, 0.3) is 16.8 Å². The average Bonchev–Trinajstić information content (AvgIpc) is 3.03. The Labute approximate surface area is 239 Å². The first kappa shape index (κ1) is 28.2. The van der Waals surface area contributed by atoms with Crippen molar-refractivity contribution in [1.29, 1.82) is 0 Å². The molecule has 0 spiro atoms. The van der Waals surface area contributed by atoms with Gasteiger partial charge in [-0.05, 0) is 66.1 Å². The second-order valence-corrected chi connectivity index (χ2v) is 9.70. The van der Waals surface area contributed by atoms with E-state index in [4.69, 9.17) is 28.8 Å². The molecule has 41 heavy (non-hydrogen) atoms. The fraction of sp³-hybridized carbons (Fsp3) is 0.265. The van der Waals surface area contributed by atoms with Gasteiger partial charge in [-0.15, -0.1) is 0 Å². The van der Waals surface area contributed by atoms with Crippen LogP contribution < -0.4 is 14.2 Å². The summed E-state index contributed by atoms with van der Waals surface area (Å²) in [6.45, 7) is 1.72. The van der Waals surface area contributed by atoms with Crippen molar-refractivity contribution in [3.8, 4) is 17.2 Å². The zero-order chi connectivity index (χ0) is 28.7. The summed E-state index contributed by atoms with van der Waals surface area (Å²) in [7, 11) is 2.89. The van der Waals surface area contributed by atoms with Crippen LogP contribution in [0.15, 0.2) is 84.9 Å².